The Morgan fingerprint density at radius 3 is 2.33 bits per heavy atom. The van der Waals surface area contributed by atoms with Gasteiger partial charge in [-0.15, -0.1) is 6.58 Å². The first-order valence-corrected chi connectivity index (χ1v) is 10.0. The molecule has 0 N–H and O–H groups in total. The fourth-order valence-electron chi connectivity index (χ4n) is 3.73. The predicted octanol–water partition coefficient (Wildman–Crippen LogP) is 5.26. The SMILES string of the molecule is C=CCN1C(=O)C(=Cc2cc(C)n(-c3cc(Cl)cc(Cl)c3)c2C)C(C(=O)OC)=C1C. The highest BCUT2D eigenvalue weighted by Crippen LogP contribution is 2.33. The van der Waals surface area contributed by atoms with E-state index in [0.717, 1.165) is 22.6 Å². The molecule has 156 valence electrons. The first-order valence-electron chi connectivity index (χ1n) is 9.29. The second-order valence-electron chi connectivity index (χ2n) is 7.00. The summed E-state index contributed by atoms with van der Waals surface area (Å²) in [5.74, 6) is -0.808. The Hall–Kier alpha value is -2.76. The van der Waals surface area contributed by atoms with Crippen LogP contribution >= 0.6 is 23.2 Å². The van der Waals surface area contributed by atoms with Crippen molar-refractivity contribution >= 4 is 41.2 Å². The Balaban J connectivity index is 2.16. The number of hydrogen-bond acceptors (Lipinski definition) is 3. The van der Waals surface area contributed by atoms with Crippen molar-refractivity contribution in [2.75, 3.05) is 13.7 Å². The minimum absolute atomic E-state index is 0.261. The Bertz CT molecular complexity index is 1110. The van der Waals surface area contributed by atoms with Gasteiger partial charge in [0.25, 0.3) is 5.91 Å². The van der Waals surface area contributed by atoms with Gasteiger partial charge in [-0.1, -0.05) is 29.3 Å². The van der Waals surface area contributed by atoms with Gasteiger partial charge < -0.3 is 14.2 Å². The van der Waals surface area contributed by atoms with Crippen LogP contribution in [0.4, 0.5) is 0 Å². The summed E-state index contributed by atoms with van der Waals surface area (Å²) in [6.07, 6.45) is 3.35. The number of aryl methyl sites for hydroxylation is 1. The van der Waals surface area contributed by atoms with Gasteiger partial charge in [0.15, 0.2) is 0 Å². The quantitative estimate of drug-likeness (QED) is 0.359. The van der Waals surface area contributed by atoms with E-state index in [0.29, 0.717) is 27.9 Å². The number of halogens is 2. The summed E-state index contributed by atoms with van der Waals surface area (Å²) in [5.41, 5.74) is 4.56. The third-order valence-corrected chi connectivity index (χ3v) is 5.52. The molecule has 3 rings (SSSR count). The molecule has 0 saturated heterocycles. The van der Waals surface area contributed by atoms with Crippen molar-refractivity contribution in [2.45, 2.75) is 20.8 Å². The van der Waals surface area contributed by atoms with Crippen LogP contribution < -0.4 is 0 Å². The lowest BCUT2D eigenvalue weighted by Crippen LogP contribution is -2.25. The van der Waals surface area contributed by atoms with E-state index in [4.69, 9.17) is 27.9 Å². The van der Waals surface area contributed by atoms with E-state index in [9.17, 15) is 9.59 Å². The van der Waals surface area contributed by atoms with Gasteiger partial charge in [-0.3, -0.25) is 4.79 Å². The second-order valence-corrected chi connectivity index (χ2v) is 7.88. The molecule has 0 spiro atoms. The maximum absolute atomic E-state index is 13.0. The van der Waals surface area contributed by atoms with Gasteiger partial charge in [-0.25, -0.2) is 4.79 Å². The van der Waals surface area contributed by atoms with Crippen LogP contribution in [0.1, 0.15) is 23.9 Å². The minimum atomic E-state index is -0.547. The molecule has 0 unspecified atom stereocenters. The molecule has 0 aliphatic carbocycles. The molecule has 1 aliphatic rings. The maximum atomic E-state index is 13.0. The van der Waals surface area contributed by atoms with Crippen molar-refractivity contribution in [2.24, 2.45) is 0 Å². The highest BCUT2D eigenvalue weighted by molar-refractivity contribution is 6.34. The van der Waals surface area contributed by atoms with Crippen LogP contribution in [0.3, 0.4) is 0 Å². The van der Waals surface area contributed by atoms with E-state index in [1.807, 2.05) is 36.6 Å². The molecule has 0 radical (unpaired) electrons. The van der Waals surface area contributed by atoms with Crippen molar-refractivity contribution in [1.82, 2.24) is 9.47 Å². The summed E-state index contributed by atoms with van der Waals surface area (Å²) in [4.78, 5) is 27.0. The van der Waals surface area contributed by atoms with Crippen LogP contribution in [0.5, 0.6) is 0 Å². The normalized spacial score (nSPS) is 15.3. The van der Waals surface area contributed by atoms with E-state index < -0.39 is 5.97 Å². The number of nitrogens with zero attached hydrogens (tertiary/aromatic N) is 2. The van der Waals surface area contributed by atoms with Gasteiger partial charge >= 0.3 is 5.97 Å². The number of amides is 1. The second kappa shape index (κ2) is 8.54. The number of aromatic nitrogens is 1. The maximum Gasteiger partial charge on any atom is 0.340 e. The molecular weight excluding hydrogens is 423 g/mol. The zero-order chi connectivity index (χ0) is 22.2. The molecule has 0 atom stereocenters. The number of rotatable bonds is 5. The largest absolute Gasteiger partial charge is 0.465 e. The Labute approximate surface area is 185 Å². The van der Waals surface area contributed by atoms with Crippen LogP contribution in [0.15, 0.2) is 53.8 Å². The highest BCUT2D eigenvalue weighted by atomic mass is 35.5. The molecule has 1 aromatic heterocycles. The number of hydrogen-bond donors (Lipinski definition) is 0. The van der Waals surface area contributed by atoms with Gasteiger partial charge in [0.1, 0.15) is 0 Å². The van der Waals surface area contributed by atoms with Crippen molar-refractivity contribution < 1.29 is 14.3 Å². The lowest BCUT2D eigenvalue weighted by molar-refractivity contribution is -0.136. The van der Waals surface area contributed by atoms with Gasteiger partial charge in [0, 0.05) is 39.4 Å². The average Bonchev–Trinajstić information content (AvgIpc) is 3.08. The third kappa shape index (κ3) is 3.83. The number of carbonyl (C=O) groups is 2. The van der Waals surface area contributed by atoms with Crippen LogP contribution in [-0.2, 0) is 14.3 Å². The summed E-state index contributed by atoms with van der Waals surface area (Å²) in [7, 11) is 1.30. The van der Waals surface area contributed by atoms with Crippen LogP contribution in [0.2, 0.25) is 10.0 Å². The third-order valence-electron chi connectivity index (χ3n) is 5.09. The molecule has 0 bridgehead atoms. The first-order chi connectivity index (χ1) is 14.2. The van der Waals surface area contributed by atoms with Gasteiger partial charge in [0.05, 0.1) is 18.3 Å². The van der Waals surface area contributed by atoms with Crippen LogP contribution in [0, 0.1) is 13.8 Å². The van der Waals surface area contributed by atoms with E-state index in [1.54, 1.807) is 25.1 Å². The van der Waals surface area contributed by atoms with E-state index in [-0.39, 0.29) is 11.5 Å². The molecule has 7 heteroatoms. The number of methoxy groups -OCH3 is 1. The van der Waals surface area contributed by atoms with Gasteiger partial charge in [-0.2, -0.15) is 0 Å². The van der Waals surface area contributed by atoms with Crippen LogP contribution in [-0.4, -0.2) is 35.0 Å². The Morgan fingerprint density at radius 1 is 1.13 bits per heavy atom. The van der Waals surface area contributed by atoms with Crippen molar-refractivity contribution in [3.8, 4) is 5.69 Å². The molecule has 2 heterocycles. The number of esters is 1. The zero-order valence-corrected chi connectivity index (χ0v) is 18.8. The molecule has 1 aromatic carbocycles. The molecule has 1 aliphatic heterocycles. The molecular formula is C23H22Cl2N2O3. The van der Waals surface area contributed by atoms with Crippen molar-refractivity contribution in [3.05, 3.63) is 80.8 Å². The first kappa shape index (κ1) is 21.9. The van der Waals surface area contributed by atoms with Gasteiger partial charge in [-0.05, 0) is 56.7 Å². The average molecular weight is 445 g/mol. The minimum Gasteiger partial charge on any atom is -0.465 e. The van der Waals surface area contributed by atoms with E-state index >= 15 is 0 Å². The predicted molar refractivity (Wildman–Crippen MR) is 120 cm³/mol. The highest BCUT2D eigenvalue weighted by Gasteiger charge is 2.36. The van der Waals surface area contributed by atoms with Crippen molar-refractivity contribution in [1.29, 1.82) is 0 Å². The lowest BCUT2D eigenvalue weighted by Gasteiger charge is -2.14. The zero-order valence-electron chi connectivity index (χ0n) is 17.3. The number of carbonyl (C=O) groups excluding carboxylic acids is 2. The molecule has 1 amide bonds. The smallest absolute Gasteiger partial charge is 0.340 e. The lowest BCUT2D eigenvalue weighted by atomic mass is 10.0. The van der Waals surface area contributed by atoms with Crippen LogP contribution in [0.25, 0.3) is 11.8 Å². The fraction of sp³-hybridized carbons (Fsp3) is 0.217. The van der Waals surface area contributed by atoms with E-state index in [2.05, 4.69) is 6.58 Å². The number of ether oxygens (including phenoxy) is 1. The molecule has 30 heavy (non-hydrogen) atoms. The summed E-state index contributed by atoms with van der Waals surface area (Å²) in [6, 6.07) is 7.26. The summed E-state index contributed by atoms with van der Waals surface area (Å²) < 4.78 is 6.92. The molecule has 5 nitrogen and oxygen atoms in total. The monoisotopic (exact) mass is 444 g/mol. The van der Waals surface area contributed by atoms with E-state index in [1.165, 1.54) is 12.0 Å². The molecule has 0 saturated carbocycles. The van der Waals surface area contributed by atoms with Gasteiger partial charge in [0.2, 0.25) is 0 Å². The Morgan fingerprint density at radius 2 is 1.77 bits per heavy atom. The molecule has 0 fully saturated rings. The summed E-state index contributed by atoms with van der Waals surface area (Å²) >= 11 is 12.3. The fourth-order valence-corrected chi connectivity index (χ4v) is 4.25. The Kier molecular flexibility index (Phi) is 6.25. The van der Waals surface area contributed by atoms with Crippen molar-refractivity contribution in [3.63, 3.8) is 0 Å². The standard InChI is InChI=1S/C23H22Cl2N2O3/c1-6-7-26-15(4)21(23(29)30-5)20(22(26)28)9-16-8-13(2)27(14(16)3)19-11-17(24)10-18(25)12-19/h6,8-12H,1,7H2,2-5H3. The number of allylic oxidation sites excluding steroid dienone is 1. The number of benzene rings is 1. The topological polar surface area (TPSA) is 51.5 Å². The molecule has 2 aromatic rings. The summed E-state index contributed by atoms with van der Waals surface area (Å²) in [5, 5.41) is 1.06. The summed E-state index contributed by atoms with van der Waals surface area (Å²) in [6.45, 7) is 9.61.